The molecule has 10 nitrogen and oxygen atoms in total. The average Bonchev–Trinajstić information content (AvgIpc) is 3.67. The normalized spacial score (nSPS) is 12.0. The van der Waals surface area contributed by atoms with Crippen LogP contribution in [-0.2, 0) is 17.9 Å². The van der Waals surface area contributed by atoms with Gasteiger partial charge < -0.3 is 18.5 Å². The van der Waals surface area contributed by atoms with E-state index in [1.807, 2.05) is 41.0 Å². The van der Waals surface area contributed by atoms with Gasteiger partial charge in [-0.25, -0.2) is 14.5 Å². The molecule has 0 bridgehead atoms. The molecule has 0 amide bonds. The summed E-state index contributed by atoms with van der Waals surface area (Å²) < 4.78 is 21.8. The lowest BCUT2D eigenvalue weighted by Gasteiger charge is -2.42. The van der Waals surface area contributed by atoms with Crippen LogP contribution in [0.25, 0.3) is 17.1 Å². The van der Waals surface area contributed by atoms with Crippen LogP contribution in [0.2, 0.25) is 16.6 Å². The number of aromatic nitrogens is 6. The first-order valence-electron chi connectivity index (χ1n) is 15.5. The number of esters is 1. The molecule has 0 aliphatic rings. The van der Waals surface area contributed by atoms with Crippen molar-refractivity contribution in [1.29, 1.82) is 0 Å². The number of hydrogen-bond acceptors (Lipinski definition) is 8. The highest BCUT2D eigenvalue weighted by atomic mass is 28.4. The molecule has 5 rings (SSSR count). The van der Waals surface area contributed by atoms with Crippen LogP contribution in [0.15, 0.2) is 73.3 Å². The largest absolute Gasteiger partial charge is 0.543 e. The maximum Gasteiger partial charge on any atom is 0.341 e. The van der Waals surface area contributed by atoms with Crippen LogP contribution < -0.4 is 9.16 Å². The van der Waals surface area contributed by atoms with Crippen molar-refractivity contribution in [2.75, 3.05) is 6.61 Å². The molecular weight excluding hydrogens is 584 g/mol. The van der Waals surface area contributed by atoms with Gasteiger partial charge in [-0.1, -0.05) is 84.0 Å². The van der Waals surface area contributed by atoms with E-state index in [0.29, 0.717) is 52.4 Å². The number of carbonyl (C=O) groups excluding carboxylic acids is 1. The molecule has 236 valence electrons. The zero-order valence-electron chi connectivity index (χ0n) is 27.1. The molecule has 0 radical (unpaired) electrons. The summed E-state index contributed by atoms with van der Waals surface area (Å²) in [5.74, 6) is 1.03. The Balaban J connectivity index is 1.50. The number of rotatable bonds is 13. The first-order valence-corrected chi connectivity index (χ1v) is 17.7. The summed E-state index contributed by atoms with van der Waals surface area (Å²) in [7, 11) is -2.11. The summed E-state index contributed by atoms with van der Waals surface area (Å²) in [5.41, 5.74) is 4.89. The van der Waals surface area contributed by atoms with E-state index in [1.165, 1.54) is 17.1 Å². The minimum Gasteiger partial charge on any atom is -0.543 e. The molecule has 0 aliphatic heterocycles. The van der Waals surface area contributed by atoms with Crippen molar-refractivity contribution in [2.45, 2.75) is 78.2 Å². The summed E-state index contributed by atoms with van der Waals surface area (Å²) in [6, 6.07) is 18.2. The van der Waals surface area contributed by atoms with Gasteiger partial charge >= 0.3 is 5.97 Å². The molecule has 11 heteroatoms. The predicted octanol–water partition coefficient (Wildman–Crippen LogP) is 7.37. The average molecular weight is 627 g/mol. The molecule has 45 heavy (non-hydrogen) atoms. The fraction of sp³-hybridized carbons (Fsp3) is 0.382. The van der Waals surface area contributed by atoms with E-state index in [4.69, 9.17) is 18.9 Å². The molecule has 0 fully saturated rings. The molecule has 3 aromatic heterocycles. The highest BCUT2D eigenvalue weighted by Gasteiger charge is 2.47. The van der Waals surface area contributed by atoms with Crippen LogP contribution in [-0.4, -0.2) is 50.2 Å². The summed E-state index contributed by atoms with van der Waals surface area (Å²) in [6.45, 7) is 16.6. The zero-order valence-corrected chi connectivity index (χ0v) is 28.1. The fourth-order valence-electron chi connectivity index (χ4n) is 6.20. The van der Waals surface area contributed by atoms with Crippen LogP contribution in [0.1, 0.15) is 70.0 Å². The van der Waals surface area contributed by atoms with Gasteiger partial charge in [0.2, 0.25) is 5.88 Å². The molecule has 0 aliphatic carbocycles. The highest BCUT2D eigenvalue weighted by molar-refractivity contribution is 6.78. The van der Waals surface area contributed by atoms with Crippen LogP contribution in [0.3, 0.4) is 0 Å². The maximum atomic E-state index is 12.2. The van der Waals surface area contributed by atoms with Crippen molar-refractivity contribution in [3.63, 3.8) is 0 Å². The van der Waals surface area contributed by atoms with E-state index in [0.717, 1.165) is 16.9 Å². The lowest BCUT2D eigenvalue weighted by atomic mass is 10.2. The lowest BCUT2D eigenvalue weighted by molar-refractivity contribution is 0.0526. The number of nitrogens with zero attached hydrogens (tertiary/aromatic N) is 6. The Labute approximate surface area is 265 Å². The van der Waals surface area contributed by atoms with Gasteiger partial charge in [0.25, 0.3) is 14.3 Å². The molecule has 0 atom stereocenters. The van der Waals surface area contributed by atoms with Gasteiger partial charge in [0.05, 0.1) is 24.7 Å². The first kappa shape index (κ1) is 31.9. The van der Waals surface area contributed by atoms with Crippen molar-refractivity contribution < 1.29 is 18.7 Å². The van der Waals surface area contributed by atoms with Crippen LogP contribution in [0.4, 0.5) is 0 Å². The summed E-state index contributed by atoms with van der Waals surface area (Å²) in [6.07, 6.45) is 4.71. The minimum absolute atomic E-state index is 0.235. The molecule has 0 saturated carbocycles. The van der Waals surface area contributed by atoms with E-state index < -0.39 is 14.3 Å². The number of carbonyl (C=O) groups is 1. The maximum absolute atomic E-state index is 12.2. The monoisotopic (exact) mass is 626 g/mol. The van der Waals surface area contributed by atoms with Gasteiger partial charge in [-0.2, -0.15) is 15.1 Å². The summed E-state index contributed by atoms with van der Waals surface area (Å²) >= 11 is 0. The smallest absolute Gasteiger partial charge is 0.341 e. The van der Waals surface area contributed by atoms with Crippen molar-refractivity contribution in [3.8, 4) is 17.6 Å². The van der Waals surface area contributed by atoms with Gasteiger partial charge in [-0.05, 0) is 46.8 Å². The quantitative estimate of drug-likeness (QED) is 0.0985. The third-order valence-corrected chi connectivity index (χ3v) is 14.2. The number of benzene rings is 2. The molecule has 0 N–H and O–H groups in total. The van der Waals surface area contributed by atoms with Crippen molar-refractivity contribution in [1.82, 2.24) is 29.3 Å². The Bertz CT molecular complexity index is 1730. The number of hydrogen-bond donors (Lipinski definition) is 0. The topological polar surface area (TPSA) is 106 Å². The molecule has 5 aromatic rings. The van der Waals surface area contributed by atoms with E-state index in [1.54, 1.807) is 13.3 Å². The Kier molecular flexibility index (Phi) is 9.67. The molecule has 0 unspecified atom stereocenters. The second-order valence-corrected chi connectivity index (χ2v) is 17.5. The Morgan fingerprint density at radius 1 is 0.911 bits per heavy atom. The minimum atomic E-state index is -2.11. The number of imidazole rings is 1. The predicted molar refractivity (Wildman–Crippen MR) is 176 cm³/mol. The third kappa shape index (κ3) is 6.78. The van der Waals surface area contributed by atoms with Gasteiger partial charge in [0, 0.05) is 12.7 Å². The third-order valence-electron chi connectivity index (χ3n) is 8.20. The van der Waals surface area contributed by atoms with E-state index in [2.05, 4.69) is 74.8 Å². The SMILES string of the molecule is CCOC(=O)c1cnn(-c2nc(OCc3ccccc3)c3c(ncn3Cc3cccc(O[Si](C(C)C)(C(C)C)C(C)C)c3)n2)c1. The molecular formula is C34H42N6O4Si. The molecule has 0 spiro atoms. The van der Waals surface area contributed by atoms with Crippen molar-refractivity contribution in [3.05, 3.63) is 90.0 Å². The van der Waals surface area contributed by atoms with E-state index >= 15 is 0 Å². The second kappa shape index (κ2) is 13.6. The summed E-state index contributed by atoms with van der Waals surface area (Å²) in [5, 5.41) is 4.30. The molecule has 0 saturated heterocycles. The van der Waals surface area contributed by atoms with Gasteiger partial charge in [0.15, 0.2) is 11.2 Å². The van der Waals surface area contributed by atoms with Crippen LogP contribution in [0, 0.1) is 0 Å². The summed E-state index contributed by atoms with van der Waals surface area (Å²) in [4.78, 5) is 26.3. The standard InChI is InChI=1S/C34H42N6O4Si/c1-8-42-33(41)28-18-36-40(20-28)34-37-31-30(32(38-34)43-21-26-13-10-9-11-14-26)39(22-35-31)19-27-15-12-16-29(17-27)44-45(23(2)3,24(4)5)25(6)7/h9-18,20,22-25H,8,19,21H2,1-7H3. The van der Waals surface area contributed by atoms with E-state index in [-0.39, 0.29) is 12.6 Å². The van der Waals surface area contributed by atoms with Crippen molar-refractivity contribution in [2.24, 2.45) is 0 Å². The van der Waals surface area contributed by atoms with Crippen LogP contribution >= 0.6 is 0 Å². The fourth-order valence-corrected chi connectivity index (χ4v) is 11.4. The highest BCUT2D eigenvalue weighted by Crippen LogP contribution is 2.42. The first-order chi connectivity index (χ1) is 21.6. The van der Waals surface area contributed by atoms with Gasteiger partial charge in [-0.15, -0.1) is 0 Å². The Hall–Kier alpha value is -4.51. The Morgan fingerprint density at radius 3 is 2.31 bits per heavy atom. The number of fused-ring (bicyclic) bond motifs is 1. The zero-order chi connectivity index (χ0) is 32.1. The lowest BCUT2D eigenvalue weighted by Crippen LogP contribution is -2.50. The molecule has 3 heterocycles. The number of ether oxygens (including phenoxy) is 2. The van der Waals surface area contributed by atoms with E-state index in [9.17, 15) is 4.79 Å². The Morgan fingerprint density at radius 2 is 1.62 bits per heavy atom. The second-order valence-electron chi connectivity index (χ2n) is 12.1. The van der Waals surface area contributed by atoms with Gasteiger partial charge in [0.1, 0.15) is 12.4 Å². The van der Waals surface area contributed by atoms with Crippen LogP contribution in [0.5, 0.6) is 11.6 Å². The molecule has 2 aromatic carbocycles. The van der Waals surface area contributed by atoms with Gasteiger partial charge in [-0.3, -0.25) is 0 Å². The van der Waals surface area contributed by atoms with Crippen molar-refractivity contribution >= 4 is 25.5 Å².